The van der Waals surface area contributed by atoms with E-state index in [1.807, 2.05) is 36.5 Å². The number of hydrogen-bond acceptors (Lipinski definition) is 4. The van der Waals surface area contributed by atoms with E-state index in [1.54, 1.807) is 6.20 Å². The number of rotatable bonds is 4. The molecule has 3 aliphatic carbocycles. The third kappa shape index (κ3) is 2.85. The number of carbonyl (C=O) groups excluding carboxylic acids is 1. The lowest BCUT2D eigenvalue weighted by Crippen LogP contribution is -2.71. The number of hydrogen-bond donors (Lipinski definition) is 2. The molecule has 3 heterocycles. The number of nitrogens with one attached hydrogen (secondary N) is 1. The summed E-state index contributed by atoms with van der Waals surface area (Å²) in [4.78, 5) is 23.6. The molecule has 8 rings (SSSR count). The number of aromatic nitrogens is 1. The highest BCUT2D eigenvalue weighted by Gasteiger charge is 2.71. The number of phenolic OH excluding ortho intramolecular Hbond substituents is 1. The van der Waals surface area contributed by atoms with Gasteiger partial charge in [-0.3, -0.25) is 9.69 Å². The zero-order valence-electron chi connectivity index (χ0n) is 21.2. The molecule has 1 spiro atoms. The van der Waals surface area contributed by atoms with Crippen molar-refractivity contribution in [3.8, 4) is 11.5 Å². The van der Waals surface area contributed by atoms with E-state index in [1.165, 1.54) is 30.5 Å². The van der Waals surface area contributed by atoms with Crippen molar-refractivity contribution in [2.45, 2.75) is 63.0 Å². The Kier molecular flexibility index (Phi) is 4.43. The van der Waals surface area contributed by atoms with Gasteiger partial charge in [0.25, 0.3) is 5.91 Å². The van der Waals surface area contributed by atoms with Crippen LogP contribution in [-0.4, -0.2) is 52.3 Å². The van der Waals surface area contributed by atoms with E-state index in [4.69, 9.17) is 4.74 Å². The summed E-state index contributed by atoms with van der Waals surface area (Å²) < 4.78 is 6.73. The van der Waals surface area contributed by atoms with Gasteiger partial charge >= 0.3 is 0 Å². The molecular formula is C31H33N3O3. The van der Waals surface area contributed by atoms with Crippen molar-refractivity contribution in [3.05, 3.63) is 59.3 Å². The highest BCUT2D eigenvalue weighted by Crippen LogP contribution is 2.69. The molecule has 3 fully saturated rings. The Morgan fingerprint density at radius 3 is 2.95 bits per heavy atom. The van der Waals surface area contributed by atoms with Crippen molar-refractivity contribution in [2.75, 3.05) is 13.1 Å². The normalized spacial score (nSPS) is 34.0. The number of H-pyrrole nitrogens is 1. The Labute approximate surface area is 216 Å². The highest BCUT2D eigenvalue weighted by molar-refractivity contribution is 6.09. The standard InChI is InChI=1S/C31H33N3O3/c1-30-11-10-20(15-33-29(36)22-16-32-23-5-3-2-4-21(22)23)28-31(30)12-13-34(17-18-6-7-18)25(30)14-19-8-9-24(35)27(37-28)26(19)31/h2-5,8-9,15-16,18,20,25,28,32,35H,6-7,10-14,17H2,1H3/t20?,25-,28+,30+,31+/m1/s1. The van der Waals surface area contributed by atoms with Crippen molar-refractivity contribution in [2.24, 2.45) is 22.2 Å². The van der Waals surface area contributed by atoms with Crippen molar-refractivity contribution < 1.29 is 14.6 Å². The van der Waals surface area contributed by atoms with Crippen molar-refractivity contribution >= 4 is 23.0 Å². The summed E-state index contributed by atoms with van der Waals surface area (Å²) >= 11 is 0. The summed E-state index contributed by atoms with van der Waals surface area (Å²) in [6.45, 7) is 4.77. The van der Waals surface area contributed by atoms with Crippen LogP contribution in [0.3, 0.4) is 0 Å². The minimum absolute atomic E-state index is 0.0237. The minimum atomic E-state index is -0.219. The van der Waals surface area contributed by atoms with Gasteiger partial charge in [0, 0.05) is 52.8 Å². The van der Waals surface area contributed by atoms with Crippen molar-refractivity contribution in [3.63, 3.8) is 0 Å². The lowest BCUT2D eigenvalue weighted by atomic mass is 9.43. The van der Waals surface area contributed by atoms with Crippen molar-refractivity contribution in [1.29, 1.82) is 0 Å². The van der Waals surface area contributed by atoms with E-state index in [2.05, 4.69) is 27.9 Å². The molecular weight excluding hydrogens is 462 g/mol. The van der Waals surface area contributed by atoms with Gasteiger partial charge in [0.2, 0.25) is 0 Å². The zero-order valence-corrected chi connectivity index (χ0v) is 21.2. The molecule has 1 saturated heterocycles. The van der Waals surface area contributed by atoms with E-state index in [-0.39, 0.29) is 34.5 Å². The molecule has 2 aliphatic heterocycles. The monoisotopic (exact) mass is 495 g/mol. The molecule has 2 aromatic carbocycles. The van der Waals surface area contributed by atoms with Gasteiger partial charge in [-0.15, -0.1) is 0 Å². The number of phenols is 1. The first-order chi connectivity index (χ1) is 18.0. The lowest BCUT2D eigenvalue weighted by molar-refractivity contribution is -0.124. The predicted octanol–water partition coefficient (Wildman–Crippen LogP) is 5.24. The molecule has 1 amide bonds. The van der Waals surface area contributed by atoms with Gasteiger partial charge in [0.1, 0.15) is 6.10 Å². The number of piperidine rings is 1. The summed E-state index contributed by atoms with van der Waals surface area (Å²) in [5.41, 5.74) is 4.05. The third-order valence-corrected chi connectivity index (χ3v) is 10.6. The molecule has 1 unspecified atom stereocenters. The fourth-order valence-corrected chi connectivity index (χ4v) is 8.61. The predicted molar refractivity (Wildman–Crippen MR) is 143 cm³/mol. The Balaban J connectivity index is 1.18. The molecule has 0 radical (unpaired) electrons. The maximum Gasteiger partial charge on any atom is 0.278 e. The van der Waals surface area contributed by atoms with E-state index >= 15 is 0 Å². The summed E-state index contributed by atoms with van der Waals surface area (Å²) in [6.07, 6.45) is 10.3. The number of nitrogens with zero attached hydrogens (tertiary/aromatic N) is 2. The number of amides is 1. The van der Waals surface area contributed by atoms with Crippen LogP contribution in [0, 0.1) is 17.3 Å². The summed E-state index contributed by atoms with van der Waals surface area (Å²) in [5.74, 6) is 1.60. The number of aromatic hydroxyl groups is 1. The quantitative estimate of drug-likeness (QED) is 0.485. The lowest BCUT2D eigenvalue weighted by Gasteiger charge is -2.65. The summed E-state index contributed by atoms with van der Waals surface area (Å²) in [5, 5.41) is 11.8. The van der Waals surface area contributed by atoms with Crippen LogP contribution in [0.5, 0.6) is 11.5 Å². The number of carbonyl (C=O) groups is 1. The number of likely N-dealkylation sites (tertiary alicyclic amines) is 1. The molecule has 5 aliphatic rings. The molecule has 2 N–H and O–H groups in total. The average Bonchev–Trinajstić information content (AvgIpc) is 3.49. The number of aromatic amines is 1. The summed E-state index contributed by atoms with van der Waals surface area (Å²) in [7, 11) is 0. The molecule has 190 valence electrons. The van der Waals surface area contributed by atoms with Crippen LogP contribution in [0.15, 0.2) is 47.6 Å². The van der Waals surface area contributed by atoms with Crippen LogP contribution in [-0.2, 0) is 11.8 Å². The van der Waals surface area contributed by atoms with E-state index in [9.17, 15) is 9.90 Å². The topological polar surface area (TPSA) is 77.9 Å². The molecule has 2 saturated carbocycles. The van der Waals surface area contributed by atoms with E-state index < -0.39 is 0 Å². The van der Waals surface area contributed by atoms with Crippen LogP contribution in [0.2, 0.25) is 0 Å². The minimum Gasteiger partial charge on any atom is -0.504 e. The number of benzene rings is 2. The summed E-state index contributed by atoms with van der Waals surface area (Å²) in [6, 6.07) is 12.3. The van der Waals surface area contributed by atoms with Crippen LogP contribution in [0.25, 0.3) is 10.9 Å². The Morgan fingerprint density at radius 1 is 1.22 bits per heavy atom. The SMILES string of the molecule is C[C@@]12CCC(C=NC(=O)c3c[nH]c4ccccc34)[C@@H]3Oc4c(O)ccc5c4[C@@]31CCN(CC1CC1)[C@@H]2C5. The number of ether oxygens (including phenoxy) is 1. The van der Waals surface area contributed by atoms with E-state index in [0.29, 0.717) is 17.4 Å². The second kappa shape index (κ2) is 7.47. The highest BCUT2D eigenvalue weighted by atomic mass is 16.5. The molecule has 2 bridgehead atoms. The van der Waals surface area contributed by atoms with Gasteiger partial charge in [0.15, 0.2) is 11.5 Å². The molecule has 6 heteroatoms. The fourth-order valence-electron chi connectivity index (χ4n) is 8.61. The fraction of sp³-hybridized carbons (Fsp3) is 0.484. The Morgan fingerprint density at radius 2 is 2.08 bits per heavy atom. The van der Waals surface area contributed by atoms with Crippen LogP contribution >= 0.6 is 0 Å². The number of fused-ring (bicyclic) bond motifs is 1. The third-order valence-electron chi connectivity index (χ3n) is 10.6. The number of para-hydroxylation sites is 1. The second-order valence-corrected chi connectivity index (χ2v) is 12.3. The van der Waals surface area contributed by atoms with Crippen molar-refractivity contribution in [1.82, 2.24) is 9.88 Å². The molecule has 37 heavy (non-hydrogen) atoms. The maximum atomic E-state index is 13.2. The van der Waals surface area contributed by atoms with Crippen LogP contribution in [0.4, 0.5) is 0 Å². The smallest absolute Gasteiger partial charge is 0.278 e. The maximum absolute atomic E-state index is 13.2. The first-order valence-corrected chi connectivity index (χ1v) is 13.9. The number of aliphatic imine (C=N–C) groups is 1. The van der Waals surface area contributed by atoms with Gasteiger partial charge in [-0.2, -0.15) is 0 Å². The Bertz CT molecular complexity index is 1470. The Hall–Kier alpha value is -3.12. The average molecular weight is 496 g/mol. The van der Waals surface area contributed by atoms with Gasteiger partial charge in [-0.1, -0.05) is 31.2 Å². The van der Waals surface area contributed by atoms with Gasteiger partial charge in [-0.25, -0.2) is 4.99 Å². The van der Waals surface area contributed by atoms with E-state index in [0.717, 1.165) is 49.0 Å². The van der Waals surface area contributed by atoms with Gasteiger partial charge in [0.05, 0.1) is 5.56 Å². The van der Waals surface area contributed by atoms with Crippen LogP contribution < -0.4 is 4.74 Å². The first kappa shape index (κ1) is 21.9. The first-order valence-electron chi connectivity index (χ1n) is 13.9. The molecule has 5 atom stereocenters. The molecule has 6 nitrogen and oxygen atoms in total. The van der Waals surface area contributed by atoms with Crippen LogP contribution in [0.1, 0.15) is 60.5 Å². The van der Waals surface area contributed by atoms with Gasteiger partial charge in [-0.05, 0) is 74.1 Å². The zero-order chi connectivity index (χ0) is 24.9. The van der Waals surface area contributed by atoms with Gasteiger partial charge < -0.3 is 14.8 Å². The second-order valence-electron chi connectivity index (χ2n) is 12.3. The molecule has 3 aromatic rings. The molecule has 1 aromatic heterocycles. The largest absolute Gasteiger partial charge is 0.504 e.